The van der Waals surface area contributed by atoms with E-state index < -0.39 is 5.97 Å². The number of phenols is 1. The molecule has 0 radical (unpaired) electrons. The SMILES string of the molecule is Cc1[nH]n(-c2ccc3c(c2)C(C)CC3)c(=O)c1N=Nc1cccc(-c2cccc(C(=O)O)c2)c1O. The minimum Gasteiger partial charge on any atom is -0.505 e. The third-order valence-electron chi connectivity index (χ3n) is 6.50. The summed E-state index contributed by atoms with van der Waals surface area (Å²) in [4.78, 5) is 24.4. The molecule has 35 heavy (non-hydrogen) atoms. The molecule has 1 aliphatic rings. The lowest BCUT2D eigenvalue weighted by Gasteiger charge is -2.08. The molecule has 3 N–H and O–H groups in total. The lowest BCUT2D eigenvalue weighted by Crippen LogP contribution is -2.14. The lowest BCUT2D eigenvalue weighted by molar-refractivity contribution is 0.0697. The summed E-state index contributed by atoms with van der Waals surface area (Å²) in [6.45, 7) is 3.94. The number of aromatic amines is 1. The van der Waals surface area contributed by atoms with Crippen LogP contribution >= 0.6 is 0 Å². The first kappa shape index (κ1) is 22.3. The zero-order chi connectivity index (χ0) is 24.7. The van der Waals surface area contributed by atoms with E-state index in [9.17, 15) is 19.8 Å². The maximum absolute atomic E-state index is 13.1. The summed E-state index contributed by atoms with van der Waals surface area (Å²) in [6, 6.07) is 17.2. The molecule has 0 saturated heterocycles. The van der Waals surface area contributed by atoms with Gasteiger partial charge < -0.3 is 10.2 Å². The number of nitrogens with zero attached hydrogens (tertiary/aromatic N) is 3. The zero-order valence-electron chi connectivity index (χ0n) is 19.3. The van der Waals surface area contributed by atoms with Gasteiger partial charge in [0, 0.05) is 5.56 Å². The van der Waals surface area contributed by atoms with E-state index in [0.717, 1.165) is 18.5 Å². The standard InChI is InChI=1S/C27H24N4O4/c1-15-9-10-17-11-12-20(14-22(15)17)31-26(33)24(16(2)30-31)29-28-23-8-4-7-21(25(23)32)18-5-3-6-19(13-18)27(34)35/h3-8,11-15,30,32H,9-10H2,1-2H3,(H,34,35). The van der Waals surface area contributed by atoms with Crippen molar-refractivity contribution in [2.24, 2.45) is 10.2 Å². The first-order valence-corrected chi connectivity index (χ1v) is 11.4. The molecule has 0 fully saturated rings. The molecule has 5 rings (SSSR count). The summed E-state index contributed by atoms with van der Waals surface area (Å²) in [5.74, 6) is -0.749. The van der Waals surface area contributed by atoms with Crippen molar-refractivity contribution in [3.05, 3.63) is 93.4 Å². The summed E-state index contributed by atoms with van der Waals surface area (Å²) < 4.78 is 1.46. The Morgan fingerprint density at radius 2 is 1.89 bits per heavy atom. The summed E-state index contributed by atoms with van der Waals surface area (Å²) in [5, 5.41) is 31.4. The van der Waals surface area contributed by atoms with E-state index >= 15 is 0 Å². The van der Waals surface area contributed by atoms with Crippen molar-refractivity contribution in [1.29, 1.82) is 0 Å². The van der Waals surface area contributed by atoms with Crippen molar-refractivity contribution in [1.82, 2.24) is 9.78 Å². The van der Waals surface area contributed by atoms with E-state index in [1.54, 1.807) is 37.3 Å². The number of rotatable bonds is 5. The van der Waals surface area contributed by atoms with Crippen LogP contribution in [-0.2, 0) is 6.42 Å². The Hall–Kier alpha value is -4.46. The van der Waals surface area contributed by atoms with Gasteiger partial charge in [-0.05, 0) is 72.7 Å². The van der Waals surface area contributed by atoms with Crippen molar-refractivity contribution in [2.45, 2.75) is 32.6 Å². The molecule has 3 aromatic carbocycles. The van der Waals surface area contributed by atoms with Crippen LogP contribution in [-0.4, -0.2) is 26.0 Å². The number of H-pyrrole nitrogens is 1. The summed E-state index contributed by atoms with van der Waals surface area (Å²) in [6.07, 6.45) is 2.16. The highest BCUT2D eigenvalue weighted by atomic mass is 16.4. The quantitative estimate of drug-likeness (QED) is 0.311. The second-order valence-corrected chi connectivity index (χ2v) is 8.81. The summed E-state index contributed by atoms with van der Waals surface area (Å²) >= 11 is 0. The molecule has 8 heteroatoms. The van der Waals surface area contributed by atoms with E-state index in [1.807, 2.05) is 12.1 Å². The summed E-state index contributed by atoms with van der Waals surface area (Å²) in [5.41, 5.74) is 4.93. The Labute approximate surface area is 201 Å². The van der Waals surface area contributed by atoms with Gasteiger partial charge in [-0.25, -0.2) is 9.48 Å². The van der Waals surface area contributed by atoms with Crippen molar-refractivity contribution < 1.29 is 15.0 Å². The number of aromatic hydroxyl groups is 1. The number of hydrogen-bond acceptors (Lipinski definition) is 5. The average molecular weight is 469 g/mol. The fraction of sp³-hybridized carbons (Fsp3) is 0.185. The van der Waals surface area contributed by atoms with Gasteiger partial charge in [0.15, 0.2) is 11.4 Å². The highest BCUT2D eigenvalue weighted by Crippen LogP contribution is 2.38. The molecular weight excluding hydrogens is 444 g/mol. The second-order valence-electron chi connectivity index (χ2n) is 8.81. The second kappa shape index (κ2) is 8.72. The highest BCUT2D eigenvalue weighted by Gasteiger charge is 2.20. The average Bonchev–Trinajstić information content (AvgIpc) is 3.36. The van der Waals surface area contributed by atoms with E-state index in [4.69, 9.17) is 0 Å². The minimum atomic E-state index is -1.06. The molecule has 1 heterocycles. The molecule has 1 atom stereocenters. The van der Waals surface area contributed by atoms with Gasteiger partial charge in [0.2, 0.25) is 0 Å². The fourth-order valence-corrected chi connectivity index (χ4v) is 4.54. The largest absolute Gasteiger partial charge is 0.505 e. The third-order valence-corrected chi connectivity index (χ3v) is 6.50. The van der Waals surface area contributed by atoms with Gasteiger partial charge in [-0.1, -0.05) is 37.3 Å². The van der Waals surface area contributed by atoms with Gasteiger partial charge in [0.1, 0.15) is 5.69 Å². The normalized spacial score (nSPS) is 15.0. The van der Waals surface area contributed by atoms with Crippen molar-refractivity contribution >= 4 is 17.3 Å². The van der Waals surface area contributed by atoms with Crippen LogP contribution in [0.5, 0.6) is 5.75 Å². The lowest BCUT2D eigenvalue weighted by atomic mass is 10.0. The predicted molar refractivity (Wildman–Crippen MR) is 133 cm³/mol. The van der Waals surface area contributed by atoms with Crippen LogP contribution in [0, 0.1) is 6.92 Å². The number of carboxylic acid groups (broad SMARTS) is 1. The first-order chi connectivity index (χ1) is 16.8. The molecule has 176 valence electrons. The van der Waals surface area contributed by atoms with Crippen LogP contribution in [0.25, 0.3) is 16.8 Å². The number of hydrogen-bond donors (Lipinski definition) is 3. The monoisotopic (exact) mass is 468 g/mol. The number of carbonyl (C=O) groups is 1. The number of carboxylic acids is 1. The molecule has 0 aliphatic heterocycles. The summed E-state index contributed by atoms with van der Waals surface area (Å²) in [7, 11) is 0. The maximum atomic E-state index is 13.1. The predicted octanol–water partition coefficient (Wildman–Crippen LogP) is 6.01. The Morgan fingerprint density at radius 3 is 2.69 bits per heavy atom. The Kier molecular flexibility index (Phi) is 5.56. The number of nitrogens with one attached hydrogen (secondary N) is 1. The molecule has 8 nitrogen and oxygen atoms in total. The highest BCUT2D eigenvalue weighted by molar-refractivity contribution is 5.90. The van der Waals surface area contributed by atoms with Crippen molar-refractivity contribution in [3.63, 3.8) is 0 Å². The van der Waals surface area contributed by atoms with Crippen LogP contribution < -0.4 is 5.56 Å². The van der Waals surface area contributed by atoms with Gasteiger partial charge in [0.05, 0.1) is 16.9 Å². The van der Waals surface area contributed by atoms with Crippen LogP contribution in [0.4, 0.5) is 11.4 Å². The molecule has 1 unspecified atom stereocenters. The smallest absolute Gasteiger partial charge is 0.335 e. The van der Waals surface area contributed by atoms with E-state index in [1.165, 1.54) is 27.9 Å². The number of phenolic OH excluding ortho intramolecular Hbond substituents is 1. The molecular formula is C27H24N4O4. The number of fused-ring (bicyclic) bond motifs is 1. The molecule has 4 aromatic rings. The van der Waals surface area contributed by atoms with Gasteiger partial charge in [-0.15, -0.1) is 10.2 Å². The van der Waals surface area contributed by atoms with E-state index in [-0.39, 0.29) is 28.2 Å². The molecule has 0 saturated carbocycles. The van der Waals surface area contributed by atoms with E-state index in [2.05, 4.69) is 28.3 Å². The van der Waals surface area contributed by atoms with Gasteiger partial charge in [-0.3, -0.25) is 9.89 Å². The molecule has 0 spiro atoms. The van der Waals surface area contributed by atoms with Crippen LogP contribution in [0.15, 0.2) is 75.7 Å². The van der Waals surface area contributed by atoms with Crippen molar-refractivity contribution in [3.8, 4) is 22.6 Å². The molecule has 1 aliphatic carbocycles. The number of aromatic nitrogens is 2. The molecule has 1 aromatic heterocycles. The van der Waals surface area contributed by atoms with Crippen molar-refractivity contribution in [2.75, 3.05) is 0 Å². The third kappa shape index (κ3) is 4.03. The Bertz CT molecular complexity index is 1550. The minimum absolute atomic E-state index is 0.110. The van der Waals surface area contributed by atoms with Gasteiger partial charge in [0.25, 0.3) is 5.56 Å². The number of azo groups is 1. The van der Waals surface area contributed by atoms with E-state index in [0.29, 0.717) is 22.7 Å². The van der Waals surface area contributed by atoms with Gasteiger partial charge >= 0.3 is 5.97 Å². The van der Waals surface area contributed by atoms with Gasteiger partial charge in [-0.2, -0.15) is 0 Å². The number of aromatic carboxylic acids is 1. The maximum Gasteiger partial charge on any atom is 0.335 e. The molecule has 0 amide bonds. The van der Waals surface area contributed by atoms with Crippen LogP contribution in [0.3, 0.4) is 0 Å². The first-order valence-electron chi connectivity index (χ1n) is 11.4. The van der Waals surface area contributed by atoms with Crippen LogP contribution in [0.2, 0.25) is 0 Å². The van der Waals surface area contributed by atoms with Crippen LogP contribution in [0.1, 0.15) is 46.4 Å². The number of aryl methyl sites for hydroxylation is 2. The zero-order valence-corrected chi connectivity index (χ0v) is 19.3. The Balaban J connectivity index is 1.49. The fourth-order valence-electron chi connectivity index (χ4n) is 4.54. The molecule has 0 bridgehead atoms. The number of benzene rings is 3. The topological polar surface area (TPSA) is 120 Å². The number of para-hydroxylation sites is 1. The Morgan fingerprint density at radius 1 is 1.09 bits per heavy atom.